The molecule has 1 atom stereocenters. The summed E-state index contributed by atoms with van der Waals surface area (Å²) in [5, 5.41) is 10.3. The number of hydrogen-bond acceptors (Lipinski definition) is 4. The maximum atomic E-state index is 12.8. The second-order valence-corrected chi connectivity index (χ2v) is 8.00. The van der Waals surface area contributed by atoms with Crippen LogP contribution in [0.25, 0.3) is 16.6 Å². The third-order valence-electron chi connectivity index (χ3n) is 5.16. The van der Waals surface area contributed by atoms with Crippen molar-refractivity contribution < 1.29 is 4.79 Å². The largest absolute Gasteiger partial charge is 0.369 e. The molecule has 1 amide bonds. The molecule has 2 aromatic carbocycles. The highest BCUT2D eigenvalue weighted by atomic mass is 32.1. The third kappa shape index (κ3) is 3.30. The Morgan fingerprint density at radius 3 is 2.44 bits per heavy atom. The van der Waals surface area contributed by atoms with E-state index in [0.29, 0.717) is 17.3 Å². The molecular weight excluding hydrogens is 354 g/mol. The van der Waals surface area contributed by atoms with Gasteiger partial charge in [0.2, 0.25) is 5.91 Å². The molecule has 1 aromatic heterocycles. The molecule has 1 aliphatic rings. The topological polar surface area (TPSA) is 68.9 Å². The van der Waals surface area contributed by atoms with Gasteiger partial charge in [-0.2, -0.15) is 0 Å². The summed E-state index contributed by atoms with van der Waals surface area (Å²) >= 11 is 1.45. The van der Waals surface area contributed by atoms with Crippen LogP contribution in [0.3, 0.4) is 0 Å². The number of nitrogens with two attached hydrogens (primary N) is 1. The van der Waals surface area contributed by atoms with Crippen LogP contribution in [0, 0.1) is 5.92 Å². The van der Waals surface area contributed by atoms with E-state index in [1.807, 2.05) is 54.6 Å². The Kier molecular flexibility index (Phi) is 4.62. The molecule has 1 aliphatic carbocycles. The van der Waals surface area contributed by atoms with Crippen LogP contribution in [-0.4, -0.2) is 16.1 Å². The van der Waals surface area contributed by atoms with Gasteiger partial charge in [0.15, 0.2) is 0 Å². The number of carbonyl (C=O) groups excluding carboxylic acids is 1. The van der Waals surface area contributed by atoms with Gasteiger partial charge in [-0.3, -0.25) is 4.79 Å². The summed E-state index contributed by atoms with van der Waals surface area (Å²) < 4.78 is 0. The lowest BCUT2D eigenvalue weighted by Gasteiger charge is -2.28. The fraction of sp³-hybridized carbons (Fsp3) is 0.227. The molecule has 2 N–H and O–H groups in total. The van der Waals surface area contributed by atoms with Gasteiger partial charge in [-0.05, 0) is 23.5 Å². The normalized spacial score (nSPS) is 15.9. The van der Waals surface area contributed by atoms with Gasteiger partial charge in [0, 0.05) is 5.56 Å². The second kappa shape index (κ2) is 7.08. The lowest BCUT2D eigenvalue weighted by molar-refractivity contribution is -0.122. The molecule has 3 aromatic rings. The molecule has 1 heterocycles. The highest BCUT2D eigenvalue weighted by Crippen LogP contribution is 2.47. The Morgan fingerprint density at radius 2 is 1.85 bits per heavy atom. The molecule has 1 unspecified atom stereocenters. The van der Waals surface area contributed by atoms with E-state index in [1.165, 1.54) is 11.3 Å². The average Bonchev–Trinajstić information content (AvgIpc) is 3.39. The average molecular weight is 375 g/mol. The van der Waals surface area contributed by atoms with Crippen molar-refractivity contribution in [3.05, 3.63) is 77.3 Å². The molecule has 0 spiro atoms. The third-order valence-corrected chi connectivity index (χ3v) is 6.30. The number of hydrogen-bond donors (Lipinski definition) is 1. The number of rotatable bonds is 7. The molecule has 1 saturated carbocycles. The Bertz CT molecular complexity index is 961. The summed E-state index contributed by atoms with van der Waals surface area (Å²) in [5.74, 6) is 0.155. The molecule has 0 radical (unpaired) electrons. The first-order valence-electron chi connectivity index (χ1n) is 9.06. The van der Waals surface area contributed by atoms with E-state index >= 15 is 0 Å². The van der Waals surface area contributed by atoms with Gasteiger partial charge in [0.25, 0.3) is 0 Å². The Hall–Kier alpha value is -2.79. The fourth-order valence-electron chi connectivity index (χ4n) is 3.43. The zero-order chi connectivity index (χ0) is 18.9. The predicted octanol–water partition coefficient (Wildman–Crippen LogP) is 4.42. The molecule has 5 heteroatoms. The predicted molar refractivity (Wildman–Crippen MR) is 109 cm³/mol. The minimum absolute atomic E-state index is 0.356. The zero-order valence-electron chi connectivity index (χ0n) is 15.0. The lowest BCUT2D eigenvalue weighted by Crippen LogP contribution is -2.42. The van der Waals surface area contributed by atoms with E-state index in [9.17, 15) is 4.79 Å². The summed E-state index contributed by atoms with van der Waals surface area (Å²) in [6, 6.07) is 17.7. The van der Waals surface area contributed by atoms with Crippen molar-refractivity contribution in [2.24, 2.45) is 11.7 Å². The maximum Gasteiger partial charge on any atom is 0.235 e. The van der Waals surface area contributed by atoms with Crippen molar-refractivity contribution in [1.29, 1.82) is 0 Å². The van der Waals surface area contributed by atoms with Crippen LogP contribution in [0.2, 0.25) is 0 Å². The van der Waals surface area contributed by atoms with Gasteiger partial charge in [-0.1, -0.05) is 91.4 Å². The van der Waals surface area contributed by atoms with Crippen LogP contribution in [0.4, 0.5) is 0 Å². The van der Waals surface area contributed by atoms with Crippen molar-refractivity contribution in [2.45, 2.75) is 24.7 Å². The number of primary amides is 1. The second-order valence-electron chi connectivity index (χ2n) is 7.02. The Labute approximate surface area is 162 Å². The lowest BCUT2D eigenvalue weighted by atomic mass is 9.76. The van der Waals surface area contributed by atoms with E-state index in [0.717, 1.165) is 34.5 Å². The van der Waals surface area contributed by atoms with E-state index in [4.69, 9.17) is 5.73 Å². The minimum atomic E-state index is -0.917. The Balaban J connectivity index is 1.79. The maximum absolute atomic E-state index is 12.8. The van der Waals surface area contributed by atoms with Crippen LogP contribution in [0.5, 0.6) is 0 Å². The van der Waals surface area contributed by atoms with Crippen molar-refractivity contribution in [3.8, 4) is 10.6 Å². The smallest absolute Gasteiger partial charge is 0.235 e. The molecule has 0 saturated heterocycles. The summed E-state index contributed by atoms with van der Waals surface area (Å²) in [7, 11) is 0. The first-order valence-corrected chi connectivity index (χ1v) is 9.87. The molecule has 4 nitrogen and oxygen atoms in total. The zero-order valence-corrected chi connectivity index (χ0v) is 15.8. The van der Waals surface area contributed by atoms with Crippen LogP contribution in [0.1, 0.15) is 35.4 Å². The SMILES string of the molecule is C=Cc1ccc(-c2nnc(C(CC3CC3)(C(N)=O)c3ccccc3)s2)cc1. The number of aromatic nitrogens is 2. The van der Waals surface area contributed by atoms with E-state index in [-0.39, 0.29) is 5.91 Å². The molecule has 136 valence electrons. The summed E-state index contributed by atoms with van der Waals surface area (Å²) in [4.78, 5) is 12.8. The first kappa shape index (κ1) is 17.6. The van der Waals surface area contributed by atoms with Crippen molar-refractivity contribution >= 4 is 23.3 Å². The van der Waals surface area contributed by atoms with Crippen LogP contribution in [-0.2, 0) is 10.2 Å². The number of amides is 1. The van der Waals surface area contributed by atoms with Crippen molar-refractivity contribution in [3.63, 3.8) is 0 Å². The van der Waals surface area contributed by atoms with Crippen LogP contribution in [0.15, 0.2) is 61.2 Å². The molecule has 0 aliphatic heterocycles. The number of benzene rings is 2. The summed E-state index contributed by atoms with van der Waals surface area (Å²) in [5.41, 5.74) is 7.99. The molecule has 0 bridgehead atoms. The van der Waals surface area contributed by atoms with Crippen LogP contribution < -0.4 is 5.73 Å². The molecule has 4 rings (SSSR count). The van der Waals surface area contributed by atoms with Gasteiger partial charge in [-0.15, -0.1) is 10.2 Å². The minimum Gasteiger partial charge on any atom is -0.369 e. The van der Waals surface area contributed by atoms with Gasteiger partial charge in [-0.25, -0.2) is 0 Å². The molecule has 27 heavy (non-hydrogen) atoms. The monoisotopic (exact) mass is 375 g/mol. The van der Waals surface area contributed by atoms with Crippen molar-refractivity contribution in [2.75, 3.05) is 0 Å². The van der Waals surface area contributed by atoms with Gasteiger partial charge >= 0.3 is 0 Å². The van der Waals surface area contributed by atoms with E-state index in [2.05, 4.69) is 16.8 Å². The van der Waals surface area contributed by atoms with Crippen molar-refractivity contribution in [1.82, 2.24) is 10.2 Å². The molecule has 1 fully saturated rings. The van der Waals surface area contributed by atoms with Gasteiger partial charge < -0.3 is 5.73 Å². The molecular formula is C22H21N3OS. The number of nitrogens with zero attached hydrogens (tertiary/aromatic N) is 2. The van der Waals surface area contributed by atoms with Gasteiger partial charge in [0.1, 0.15) is 15.4 Å². The van der Waals surface area contributed by atoms with Crippen LogP contribution >= 0.6 is 11.3 Å². The quantitative estimate of drug-likeness (QED) is 0.664. The van der Waals surface area contributed by atoms with E-state index in [1.54, 1.807) is 6.08 Å². The van der Waals surface area contributed by atoms with E-state index < -0.39 is 5.41 Å². The highest BCUT2D eigenvalue weighted by molar-refractivity contribution is 7.15. The number of carbonyl (C=O) groups is 1. The summed E-state index contributed by atoms with van der Waals surface area (Å²) in [6.45, 7) is 3.78. The first-order chi connectivity index (χ1) is 13.1. The highest BCUT2D eigenvalue weighted by Gasteiger charge is 2.47. The Morgan fingerprint density at radius 1 is 1.15 bits per heavy atom. The standard InChI is InChI=1S/C22H21N3OS/c1-2-15-10-12-17(13-11-15)19-24-25-21(27-19)22(20(23)26,14-16-8-9-16)18-6-4-3-5-7-18/h2-7,10-13,16H,1,8-9,14H2,(H2,23,26). The summed E-state index contributed by atoms with van der Waals surface area (Å²) in [6.07, 6.45) is 4.77. The van der Waals surface area contributed by atoms with Gasteiger partial charge in [0.05, 0.1) is 0 Å². The fourth-order valence-corrected chi connectivity index (χ4v) is 4.51.